The summed E-state index contributed by atoms with van der Waals surface area (Å²) in [5.41, 5.74) is 2.88. The standard InChI is InChI=1S/C21H24BrN3O2/c1-15(18-4-3-5-19(22)14-18)23-21(27)25-12-10-24(11-13-25)20-8-6-17(7-9-20)16(2)26/h3-9,14-15H,10-13H2,1-2H3,(H,23,27). The van der Waals surface area contributed by atoms with Gasteiger partial charge in [0.1, 0.15) is 0 Å². The largest absolute Gasteiger partial charge is 0.368 e. The predicted octanol–water partition coefficient (Wildman–Crippen LogP) is 4.24. The molecule has 1 aliphatic heterocycles. The van der Waals surface area contributed by atoms with E-state index in [9.17, 15) is 9.59 Å². The highest BCUT2D eigenvalue weighted by Gasteiger charge is 2.22. The Labute approximate surface area is 168 Å². The number of ketones is 1. The first-order valence-electron chi connectivity index (χ1n) is 9.11. The maximum Gasteiger partial charge on any atom is 0.317 e. The fourth-order valence-corrected chi connectivity index (χ4v) is 3.63. The fraction of sp³-hybridized carbons (Fsp3) is 0.333. The van der Waals surface area contributed by atoms with E-state index in [0.29, 0.717) is 13.1 Å². The van der Waals surface area contributed by atoms with Crippen LogP contribution in [-0.4, -0.2) is 42.9 Å². The highest BCUT2D eigenvalue weighted by atomic mass is 79.9. The third kappa shape index (κ3) is 4.89. The maximum absolute atomic E-state index is 12.6. The van der Waals surface area contributed by atoms with Crippen molar-refractivity contribution < 1.29 is 9.59 Å². The third-order valence-corrected chi connectivity index (χ3v) is 5.39. The normalized spacial score (nSPS) is 15.4. The van der Waals surface area contributed by atoms with Crippen LogP contribution in [0.3, 0.4) is 0 Å². The molecule has 2 aromatic carbocycles. The Balaban J connectivity index is 1.53. The van der Waals surface area contributed by atoms with E-state index in [-0.39, 0.29) is 17.9 Å². The van der Waals surface area contributed by atoms with Crippen molar-refractivity contribution in [3.8, 4) is 0 Å². The van der Waals surface area contributed by atoms with Crippen molar-refractivity contribution in [2.45, 2.75) is 19.9 Å². The van der Waals surface area contributed by atoms with Crippen LogP contribution in [0.15, 0.2) is 53.0 Å². The van der Waals surface area contributed by atoms with Gasteiger partial charge in [-0.2, -0.15) is 0 Å². The molecule has 0 aromatic heterocycles. The molecular weight excluding hydrogens is 406 g/mol. The first-order chi connectivity index (χ1) is 12.9. The molecule has 3 rings (SSSR count). The van der Waals surface area contributed by atoms with Gasteiger partial charge in [-0.3, -0.25) is 4.79 Å². The van der Waals surface area contributed by atoms with Crippen molar-refractivity contribution in [1.29, 1.82) is 0 Å². The predicted molar refractivity (Wildman–Crippen MR) is 111 cm³/mol. The number of carbonyl (C=O) groups is 2. The van der Waals surface area contributed by atoms with Crippen LogP contribution < -0.4 is 10.2 Å². The second-order valence-electron chi connectivity index (χ2n) is 6.80. The molecule has 1 saturated heterocycles. The Morgan fingerprint density at radius 1 is 1.04 bits per heavy atom. The van der Waals surface area contributed by atoms with Crippen LogP contribution in [0.1, 0.15) is 35.8 Å². The number of hydrogen-bond donors (Lipinski definition) is 1. The van der Waals surface area contributed by atoms with Gasteiger partial charge in [0.05, 0.1) is 6.04 Å². The van der Waals surface area contributed by atoms with Crippen LogP contribution in [0, 0.1) is 0 Å². The molecule has 5 nitrogen and oxygen atoms in total. The Bertz CT molecular complexity index is 814. The second kappa shape index (κ2) is 8.57. The van der Waals surface area contributed by atoms with Crippen LogP contribution in [0.4, 0.5) is 10.5 Å². The lowest BCUT2D eigenvalue weighted by molar-refractivity contribution is 0.101. The summed E-state index contributed by atoms with van der Waals surface area (Å²) in [6, 6.07) is 15.6. The lowest BCUT2D eigenvalue weighted by Crippen LogP contribution is -2.52. The minimum Gasteiger partial charge on any atom is -0.368 e. The molecule has 0 radical (unpaired) electrons. The Morgan fingerprint density at radius 3 is 2.30 bits per heavy atom. The monoisotopic (exact) mass is 429 g/mol. The molecule has 1 atom stereocenters. The van der Waals surface area contributed by atoms with Gasteiger partial charge in [-0.15, -0.1) is 0 Å². The van der Waals surface area contributed by atoms with Gasteiger partial charge in [0, 0.05) is 41.9 Å². The summed E-state index contributed by atoms with van der Waals surface area (Å²) in [5.74, 6) is 0.0719. The summed E-state index contributed by atoms with van der Waals surface area (Å²) in [7, 11) is 0. The number of benzene rings is 2. The fourth-order valence-electron chi connectivity index (χ4n) is 3.21. The number of carbonyl (C=O) groups excluding carboxylic acids is 2. The Morgan fingerprint density at radius 2 is 1.70 bits per heavy atom. The number of halogens is 1. The molecule has 0 saturated carbocycles. The van der Waals surface area contributed by atoms with Crippen LogP contribution in [0.5, 0.6) is 0 Å². The van der Waals surface area contributed by atoms with Crippen molar-refractivity contribution in [1.82, 2.24) is 10.2 Å². The highest BCUT2D eigenvalue weighted by molar-refractivity contribution is 9.10. The molecule has 0 spiro atoms. The topological polar surface area (TPSA) is 52.7 Å². The summed E-state index contributed by atoms with van der Waals surface area (Å²) in [5, 5.41) is 3.08. The maximum atomic E-state index is 12.6. The number of nitrogens with zero attached hydrogens (tertiary/aromatic N) is 2. The van der Waals surface area contributed by atoms with Gasteiger partial charge in [0.15, 0.2) is 5.78 Å². The highest BCUT2D eigenvalue weighted by Crippen LogP contribution is 2.20. The van der Waals surface area contributed by atoms with Gasteiger partial charge in [-0.1, -0.05) is 28.1 Å². The number of urea groups is 1. The lowest BCUT2D eigenvalue weighted by atomic mass is 10.1. The average molecular weight is 430 g/mol. The van der Waals surface area contributed by atoms with E-state index in [0.717, 1.165) is 34.4 Å². The van der Waals surface area contributed by atoms with Crippen LogP contribution in [0.25, 0.3) is 0 Å². The zero-order chi connectivity index (χ0) is 19.4. The molecule has 1 aliphatic rings. The first kappa shape index (κ1) is 19.4. The van der Waals surface area contributed by atoms with Gasteiger partial charge in [0.2, 0.25) is 0 Å². The van der Waals surface area contributed by atoms with E-state index in [1.165, 1.54) is 0 Å². The number of piperazine rings is 1. The van der Waals surface area contributed by atoms with Crippen LogP contribution in [-0.2, 0) is 0 Å². The summed E-state index contributed by atoms with van der Waals surface area (Å²) >= 11 is 3.47. The van der Waals surface area contributed by atoms with E-state index in [1.54, 1.807) is 6.92 Å². The number of anilines is 1. The Kier molecular flexibility index (Phi) is 6.16. The minimum atomic E-state index is -0.0489. The Hall–Kier alpha value is -2.34. The number of hydrogen-bond acceptors (Lipinski definition) is 3. The molecule has 0 bridgehead atoms. The molecule has 1 N–H and O–H groups in total. The number of Topliss-reactive ketones (excluding diaryl/α,β-unsaturated/α-hetero) is 1. The molecule has 6 heteroatoms. The SMILES string of the molecule is CC(=O)c1ccc(N2CCN(C(=O)NC(C)c3cccc(Br)c3)CC2)cc1. The molecular formula is C21H24BrN3O2. The van der Waals surface area contributed by atoms with Crippen LogP contribution in [0.2, 0.25) is 0 Å². The summed E-state index contributed by atoms with van der Waals surface area (Å²) in [6.07, 6.45) is 0. The van der Waals surface area contributed by atoms with E-state index < -0.39 is 0 Å². The van der Waals surface area contributed by atoms with Crippen molar-refractivity contribution in [3.63, 3.8) is 0 Å². The smallest absolute Gasteiger partial charge is 0.317 e. The van der Waals surface area contributed by atoms with E-state index in [1.807, 2.05) is 60.4 Å². The summed E-state index contributed by atoms with van der Waals surface area (Å²) < 4.78 is 1.01. The van der Waals surface area contributed by atoms with Crippen molar-refractivity contribution in [2.24, 2.45) is 0 Å². The zero-order valence-corrected chi connectivity index (χ0v) is 17.2. The van der Waals surface area contributed by atoms with Crippen molar-refractivity contribution in [2.75, 3.05) is 31.1 Å². The zero-order valence-electron chi connectivity index (χ0n) is 15.6. The molecule has 27 heavy (non-hydrogen) atoms. The molecule has 142 valence electrons. The van der Waals surface area contributed by atoms with Crippen molar-refractivity contribution >= 4 is 33.4 Å². The second-order valence-corrected chi connectivity index (χ2v) is 7.72. The first-order valence-corrected chi connectivity index (χ1v) is 9.90. The van der Waals surface area contributed by atoms with E-state index in [2.05, 4.69) is 26.1 Å². The number of rotatable bonds is 4. The molecule has 0 aliphatic carbocycles. The molecule has 1 heterocycles. The van der Waals surface area contributed by atoms with Crippen molar-refractivity contribution in [3.05, 3.63) is 64.1 Å². The van der Waals surface area contributed by atoms with E-state index in [4.69, 9.17) is 0 Å². The van der Waals surface area contributed by atoms with Gasteiger partial charge in [-0.05, 0) is 55.8 Å². The quantitative estimate of drug-likeness (QED) is 0.739. The van der Waals surface area contributed by atoms with Gasteiger partial charge < -0.3 is 15.1 Å². The average Bonchev–Trinajstić information content (AvgIpc) is 2.68. The number of amides is 2. The van der Waals surface area contributed by atoms with Gasteiger partial charge in [-0.25, -0.2) is 4.79 Å². The minimum absolute atomic E-state index is 0.0333. The van der Waals surface area contributed by atoms with Gasteiger partial charge in [0.25, 0.3) is 0 Å². The molecule has 2 amide bonds. The summed E-state index contributed by atoms with van der Waals surface area (Å²) in [6.45, 7) is 6.46. The lowest BCUT2D eigenvalue weighted by Gasteiger charge is -2.36. The molecule has 1 unspecified atom stereocenters. The third-order valence-electron chi connectivity index (χ3n) is 4.89. The summed E-state index contributed by atoms with van der Waals surface area (Å²) in [4.78, 5) is 28.1. The van der Waals surface area contributed by atoms with Crippen LogP contribution >= 0.6 is 15.9 Å². The molecule has 1 fully saturated rings. The molecule has 2 aromatic rings. The van der Waals surface area contributed by atoms with Gasteiger partial charge >= 0.3 is 6.03 Å². The van der Waals surface area contributed by atoms with E-state index >= 15 is 0 Å². The number of nitrogens with one attached hydrogen (secondary N) is 1.